The fourth-order valence-electron chi connectivity index (χ4n) is 3.08. The zero-order valence-corrected chi connectivity index (χ0v) is 11.9. The molecule has 1 unspecified atom stereocenters. The lowest BCUT2D eigenvalue weighted by Crippen LogP contribution is -2.44. The van der Waals surface area contributed by atoms with Gasteiger partial charge in [-0.1, -0.05) is 55.5 Å². The molecule has 2 aromatic carbocycles. The molecule has 2 nitrogen and oxygen atoms in total. The number of nitrogens with two attached hydrogens (primary N) is 1. The molecule has 2 heteroatoms. The van der Waals surface area contributed by atoms with Crippen LogP contribution in [-0.2, 0) is 6.42 Å². The second kappa shape index (κ2) is 5.29. The van der Waals surface area contributed by atoms with Gasteiger partial charge in [-0.05, 0) is 18.1 Å². The second-order valence-corrected chi connectivity index (χ2v) is 5.65. The molecule has 2 atom stereocenters. The number of ether oxygens (including phenoxy) is 1. The van der Waals surface area contributed by atoms with Gasteiger partial charge in [0.25, 0.3) is 0 Å². The van der Waals surface area contributed by atoms with E-state index in [1.165, 1.54) is 5.56 Å². The zero-order chi connectivity index (χ0) is 14.0. The van der Waals surface area contributed by atoms with Crippen LogP contribution in [0, 0.1) is 0 Å². The third-order valence-electron chi connectivity index (χ3n) is 4.25. The van der Waals surface area contributed by atoms with Crippen molar-refractivity contribution in [2.24, 2.45) is 5.73 Å². The number of rotatable bonds is 3. The van der Waals surface area contributed by atoms with Crippen LogP contribution in [0.2, 0.25) is 0 Å². The van der Waals surface area contributed by atoms with E-state index < -0.39 is 0 Å². The number of benzene rings is 2. The SMILES string of the molecule is CCC1(Cc2ccccc2)C[C@H](N)c2ccccc2O1. The van der Waals surface area contributed by atoms with E-state index in [0.717, 1.165) is 30.6 Å². The molecule has 1 heterocycles. The van der Waals surface area contributed by atoms with Crippen molar-refractivity contribution in [3.05, 3.63) is 65.7 Å². The minimum Gasteiger partial charge on any atom is -0.487 e. The van der Waals surface area contributed by atoms with E-state index >= 15 is 0 Å². The summed E-state index contributed by atoms with van der Waals surface area (Å²) in [5.41, 5.74) is 8.62. The highest BCUT2D eigenvalue weighted by atomic mass is 16.5. The Bertz CT molecular complexity index is 581. The molecule has 0 saturated carbocycles. The van der Waals surface area contributed by atoms with Gasteiger partial charge in [0.05, 0.1) is 0 Å². The van der Waals surface area contributed by atoms with Crippen LogP contribution in [0.5, 0.6) is 5.75 Å². The second-order valence-electron chi connectivity index (χ2n) is 5.65. The molecular formula is C18H21NO. The van der Waals surface area contributed by atoms with E-state index in [2.05, 4.69) is 37.3 Å². The zero-order valence-electron chi connectivity index (χ0n) is 11.9. The van der Waals surface area contributed by atoms with Crippen molar-refractivity contribution >= 4 is 0 Å². The maximum Gasteiger partial charge on any atom is 0.124 e. The number of hydrogen-bond acceptors (Lipinski definition) is 2. The average Bonchev–Trinajstić information content (AvgIpc) is 2.48. The van der Waals surface area contributed by atoms with Crippen molar-refractivity contribution in [3.63, 3.8) is 0 Å². The quantitative estimate of drug-likeness (QED) is 0.916. The van der Waals surface area contributed by atoms with Crippen LogP contribution in [0.1, 0.15) is 36.9 Å². The van der Waals surface area contributed by atoms with Gasteiger partial charge < -0.3 is 10.5 Å². The maximum atomic E-state index is 6.37. The lowest BCUT2D eigenvalue weighted by Gasteiger charge is -2.41. The van der Waals surface area contributed by atoms with Crippen LogP contribution in [0.4, 0.5) is 0 Å². The Morgan fingerprint density at radius 2 is 1.80 bits per heavy atom. The minimum absolute atomic E-state index is 0.0589. The molecule has 0 saturated heterocycles. The molecule has 2 aromatic rings. The first kappa shape index (κ1) is 13.2. The van der Waals surface area contributed by atoms with Gasteiger partial charge >= 0.3 is 0 Å². The van der Waals surface area contributed by atoms with Crippen LogP contribution in [-0.4, -0.2) is 5.60 Å². The third kappa shape index (κ3) is 2.44. The van der Waals surface area contributed by atoms with E-state index in [4.69, 9.17) is 10.5 Å². The Balaban J connectivity index is 1.91. The van der Waals surface area contributed by atoms with E-state index in [-0.39, 0.29) is 11.6 Å². The molecule has 0 spiro atoms. The number of hydrogen-bond donors (Lipinski definition) is 1. The van der Waals surface area contributed by atoms with Gasteiger partial charge in [-0.25, -0.2) is 0 Å². The van der Waals surface area contributed by atoms with Crippen molar-refractivity contribution < 1.29 is 4.74 Å². The molecular weight excluding hydrogens is 246 g/mol. The molecule has 0 fully saturated rings. The topological polar surface area (TPSA) is 35.2 Å². The Morgan fingerprint density at radius 3 is 2.55 bits per heavy atom. The molecule has 1 aliphatic heterocycles. The standard InChI is InChI=1S/C18H21NO/c1-2-18(12-14-8-4-3-5-9-14)13-16(19)15-10-6-7-11-17(15)20-18/h3-11,16H,2,12-13,19H2,1H3/t16-,18?/m0/s1. The monoisotopic (exact) mass is 267 g/mol. The molecule has 20 heavy (non-hydrogen) atoms. The summed E-state index contributed by atoms with van der Waals surface area (Å²) in [7, 11) is 0. The number of fused-ring (bicyclic) bond motifs is 1. The van der Waals surface area contributed by atoms with Gasteiger partial charge in [-0.2, -0.15) is 0 Å². The fourth-order valence-corrected chi connectivity index (χ4v) is 3.08. The summed E-state index contributed by atoms with van der Waals surface area (Å²) < 4.78 is 6.36. The Morgan fingerprint density at radius 1 is 1.10 bits per heavy atom. The smallest absolute Gasteiger partial charge is 0.124 e. The molecule has 0 bridgehead atoms. The summed E-state index contributed by atoms with van der Waals surface area (Å²) in [6.07, 6.45) is 2.74. The van der Waals surface area contributed by atoms with Crippen molar-refractivity contribution in [2.75, 3.05) is 0 Å². The van der Waals surface area contributed by atoms with E-state index in [9.17, 15) is 0 Å². The van der Waals surface area contributed by atoms with Gasteiger partial charge in [0, 0.05) is 24.4 Å². The lowest BCUT2D eigenvalue weighted by molar-refractivity contribution is 0.0321. The van der Waals surface area contributed by atoms with E-state index in [1.54, 1.807) is 0 Å². The van der Waals surface area contributed by atoms with Crippen molar-refractivity contribution in [1.29, 1.82) is 0 Å². The van der Waals surface area contributed by atoms with Gasteiger partial charge in [-0.3, -0.25) is 0 Å². The van der Waals surface area contributed by atoms with Gasteiger partial charge in [-0.15, -0.1) is 0 Å². The van der Waals surface area contributed by atoms with Gasteiger partial charge in [0.15, 0.2) is 0 Å². The first-order valence-corrected chi connectivity index (χ1v) is 7.30. The molecule has 104 valence electrons. The Kier molecular flexibility index (Phi) is 3.49. The highest BCUT2D eigenvalue weighted by molar-refractivity contribution is 5.39. The third-order valence-corrected chi connectivity index (χ3v) is 4.25. The normalized spacial score (nSPS) is 24.8. The van der Waals surface area contributed by atoms with Gasteiger partial charge in [0.2, 0.25) is 0 Å². The summed E-state index contributed by atoms with van der Waals surface area (Å²) in [5.74, 6) is 0.948. The molecule has 0 amide bonds. The molecule has 3 rings (SSSR count). The minimum atomic E-state index is -0.185. The fraction of sp³-hybridized carbons (Fsp3) is 0.333. The highest BCUT2D eigenvalue weighted by Crippen LogP contribution is 2.41. The van der Waals surface area contributed by atoms with Crippen LogP contribution < -0.4 is 10.5 Å². The molecule has 0 radical (unpaired) electrons. The largest absolute Gasteiger partial charge is 0.487 e. The van der Waals surface area contributed by atoms with Crippen molar-refractivity contribution in [3.8, 4) is 5.75 Å². The summed E-state index contributed by atoms with van der Waals surface area (Å²) in [6, 6.07) is 18.7. The summed E-state index contributed by atoms with van der Waals surface area (Å²) in [6.45, 7) is 2.18. The predicted molar refractivity (Wildman–Crippen MR) is 81.8 cm³/mol. The summed E-state index contributed by atoms with van der Waals surface area (Å²) in [5, 5.41) is 0. The molecule has 0 aromatic heterocycles. The van der Waals surface area contributed by atoms with Crippen LogP contribution in [0.25, 0.3) is 0 Å². The van der Waals surface area contributed by atoms with Crippen molar-refractivity contribution in [2.45, 2.75) is 37.8 Å². The van der Waals surface area contributed by atoms with Crippen molar-refractivity contribution in [1.82, 2.24) is 0 Å². The summed E-state index contributed by atoms with van der Waals surface area (Å²) in [4.78, 5) is 0. The highest BCUT2D eigenvalue weighted by Gasteiger charge is 2.38. The van der Waals surface area contributed by atoms with Crippen LogP contribution in [0.15, 0.2) is 54.6 Å². The van der Waals surface area contributed by atoms with Crippen LogP contribution >= 0.6 is 0 Å². The Hall–Kier alpha value is -1.80. The first-order valence-electron chi connectivity index (χ1n) is 7.30. The molecule has 0 aliphatic carbocycles. The number of para-hydroxylation sites is 1. The first-order chi connectivity index (χ1) is 9.72. The predicted octanol–water partition coefficient (Wildman–Crippen LogP) is 3.86. The molecule has 2 N–H and O–H groups in total. The van der Waals surface area contributed by atoms with E-state index in [0.29, 0.717) is 0 Å². The average molecular weight is 267 g/mol. The van der Waals surface area contributed by atoms with Crippen LogP contribution in [0.3, 0.4) is 0 Å². The summed E-state index contributed by atoms with van der Waals surface area (Å²) >= 11 is 0. The Labute approximate surface area is 120 Å². The lowest BCUT2D eigenvalue weighted by atomic mass is 9.81. The van der Waals surface area contributed by atoms with E-state index in [1.807, 2.05) is 24.3 Å². The molecule has 1 aliphatic rings. The maximum absolute atomic E-state index is 6.37. The van der Waals surface area contributed by atoms with Gasteiger partial charge in [0.1, 0.15) is 11.4 Å².